The van der Waals surface area contributed by atoms with Crippen molar-refractivity contribution in [2.75, 3.05) is 20.2 Å². The van der Waals surface area contributed by atoms with E-state index in [1.807, 2.05) is 13.8 Å². The minimum absolute atomic E-state index is 0.0752. The lowest BCUT2D eigenvalue weighted by Crippen LogP contribution is -2.32. The van der Waals surface area contributed by atoms with Crippen LogP contribution in [0.5, 0.6) is 0 Å². The van der Waals surface area contributed by atoms with Crippen LogP contribution in [0, 0.1) is 5.92 Å². The number of likely N-dealkylation sites (N-methyl/N-ethyl adjacent to an activating group) is 1. The summed E-state index contributed by atoms with van der Waals surface area (Å²) in [5.41, 5.74) is 2.56. The van der Waals surface area contributed by atoms with Crippen LogP contribution >= 0.6 is 0 Å². The lowest BCUT2D eigenvalue weighted by Gasteiger charge is -2.06. The van der Waals surface area contributed by atoms with Gasteiger partial charge in [-0.15, -0.1) is 0 Å². The molecule has 0 aromatic carbocycles. The first-order chi connectivity index (χ1) is 5.16. The van der Waals surface area contributed by atoms with E-state index in [0.717, 1.165) is 0 Å². The second-order valence-electron chi connectivity index (χ2n) is 2.70. The molecule has 66 valence electrons. The zero-order valence-corrected chi connectivity index (χ0v) is 7.31. The third-order valence-electron chi connectivity index (χ3n) is 1.03. The van der Waals surface area contributed by atoms with Crippen LogP contribution in [0.25, 0.3) is 0 Å². The van der Waals surface area contributed by atoms with Crippen LogP contribution in [0.1, 0.15) is 13.8 Å². The predicted octanol–water partition coefficient (Wildman–Crippen LogP) is -0.0904. The van der Waals surface area contributed by atoms with Crippen molar-refractivity contribution >= 4 is 5.91 Å². The molecule has 0 aliphatic heterocycles. The summed E-state index contributed by atoms with van der Waals surface area (Å²) in [6, 6.07) is 0. The molecule has 4 nitrogen and oxygen atoms in total. The molecule has 0 aromatic rings. The monoisotopic (exact) mass is 160 g/mol. The van der Waals surface area contributed by atoms with Crippen LogP contribution in [0.2, 0.25) is 0 Å². The minimum atomic E-state index is -0.0752. The summed E-state index contributed by atoms with van der Waals surface area (Å²) in [5, 5.41) is 2.47. The van der Waals surface area contributed by atoms with Gasteiger partial charge in [-0.2, -0.15) is 5.48 Å². The first-order valence-electron chi connectivity index (χ1n) is 3.72. The molecule has 0 aliphatic rings. The standard InChI is InChI=1S/C7H16N2O2/c1-6(2)5-11-9-4-7(10)8-3/h6,9H,4-5H2,1-3H3,(H,8,10). The van der Waals surface area contributed by atoms with E-state index in [0.29, 0.717) is 12.5 Å². The van der Waals surface area contributed by atoms with Gasteiger partial charge < -0.3 is 10.2 Å². The van der Waals surface area contributed by atoms with Gasteiger partial charge in [0.2, 0.25) is 5.91 Å². The van der Waals surface area contributed by atoms with Crippen molar-refractivity contribution < 1.29 is 9.63 Å². The van der Waals surface area contributed by atoms with E-state index in [1.54, 1.807) is 7.05 Å². The lowest BCUT2D eigenvalue weighted by atomic mass is 10.2. The van der Waals surface area contributed by atoms with E-state index in [1.165, 1.54) is 0 Å². The fraction of sp³-hybridized carbons (Fsp3) is 0.857. The molecule has 0 bridgehead atoms. The Morgan fingerprint density at radius 1 is 1.55 bits per heavy atom. The molecule has 0 saturated carbocycles. The maximum absolute atomic E-state index is 10.6. The van der Waals surface area contributed by atoms with Crippen molar-refractivity contribution in [2.45, 2.75) is 13.8 Å². The SMILES string of the molecule is CNC(=O)CNOCC(C)C. The van der Waals surface area contributed by atoms with Gasteiger partial charge >= 0.3 is 0 Å². The Bertz CT molecular complexity index is 115. The van der Waals surface area contributed by atoms with Gasteiger partial charge in [0.05, 0.1) is 13.2 Å². The molecular weight excluding hydrogens is 144 g/mol. The van der Waals surface area contributed by atoms with Gasteiger partial charge in [0.1, 0.15) is 0 Å². The van der Waals surface area contributed by atoms with Crippen molar-refractivity contribution in [3.63, 3.8) is 0 Å². The van der Waals surface area contributed by atoms with Crippen LogP contribution in [0.4, 0.5) is 0 Å². The summed E-state index contributed by atoms with van der Waals surface area (Å²) >= 11 is 0. The van der Waals surface area contributed by atoms with E-state index in [2.05, 4.69) is 10.8 Å². The Hall–Kier alpha value is -0.610. The Morgan fingerprint density at radius 3 is 2.64 bits per heavy atom. The molecular formula is C7H16N2O2. The van der Waals surface area contributed by atoms with Gasteiger partial charge in [-0.1, -0.05) is 13.8 Å². The number of rotatable bonds is 5. The largest absolute Gasteiger partial charge is 0.358 e. The Morgan fingerprint density at radius 2 is 2.18 bits per heavy atom. The zero-order valence-electron chi connectivity index (χ0n) is 7.31. The van der Waals surface area contributed by atoms with Crippen molar-refractivity contribution in [1.29, 1.82) is 0 Å². The first-order valence-corrected chi connectivity index (χ1v) is 3.72. The van der Waals surface area contributed by atoms with Gasteiger partial charge in [-0.05, 0) is 5.92 Å². The third kappa shape index (κ3) is 7.29. The van der Waals surface area contributed by atoms with E-state index >= 15 is 0 Å². The highest BCUT2D eigenvalue weighted by Gasteiger charge is 1.96. The molecule has 2 N–H and O–H groups in total. The average Bonchev–Trinajstić information content (AvgIpc) is 1.97. The molecule has 0 unspecified atom stereocenters. The number of hydrogen-bond donors (Lipinski definition) is 2. The fourth-order valence-corrected chi connectivity index (χ4v) is 0.431. The van der Waals surface area contributed by atoms with E-state index in [9.17, 15) is 4.79 Å². The third-order valence-corrected chi connectivity index (χ3v) is 1.03. The predicted molar refractivity (Wildman–Crippen MR) is 42.9 cm³/mol. The fourth-order valence-electron chi connectivity index (χ4n) is 0.431. The molecule has 0 radical (unpaired) electrons. The number of hydrogen-bond acceptors (Lipinski definition) is 3. The highest BCUT2D eigenvalue weighted by molar-refractivity contribution is 5.77. The molecule has 0 fully saturated rings. The molecule has 0 saturated heterocycles. The second kappa shape index (κ2) is 6.12. The van der Waals surface area contributed by atoms with Gasteiger partial charge in [-0.25, -0.2) is 0 Å². The highest BCUT2D eigenvalue weighted by atomic mass is 16.6. The van der Waals surface area contributed by atoms with E-state index < -0.39 is 0 Å². The van der Waals surface area contributed by atoms with Gasteiger partial charge in [0.15, 0.2) is 0 Å². The number of carbonyl (C=O) groups excluding carboxylic acids is 1. The first kappa shape index (κ1) is 10.4. The van der Waals surface area contributed by atoms with Gasteiger partial charge in [0.25, 0.3) is 0 Å². The number of carbonyl (C=O) groups is 1. The quantitative estimate of drug-likeness (QED) is 0.436. The summed E-state index contributed by atoms with van der Waals surface area (Å²) in [6.45, 7) is 4.92. The van der Waals surface area contributed by atoms with Crippen LogP contribution in [-0.4, -0.2) is 26.1 Å². The number of amides is 1. The summed E-state index contributed by atoms with van der Waals surface area (Å²) in [5.74, 6) is 0.404. The Kier molecular flexibility index (Phi) is 5.78. The van der Waals surface area contributed by atoms with Gasteiger partial charge in [-0.3, -0.25) is 4.79 Å². The van der Waals surface area contributed by atoms with Crippen molar-refractivity contribution in [2.24, 2.45) is 5.92 Å². The topological polar surface area (TPSA) is 50.4 Å². The summed E-state index contributed by atoms with van der Waals surface area (Å²) in [6.07, 6.45) is 0. The number of nitrogens with one attached hydrogen (secondary N) is 2. The van der Waals surface area contributed by atoms with Crippen LogP contribution < -0.4 is 10.8 Å². The Labute approximate surface area is 67.3 Å². The Balaban J connectivity index is 3.08. The molecule has 11 heavy (non-hydrogen) atoms. The second-order valence-corrected chi connectivity index (χ2v) is 2.70. The van der Waals surface area contributed by atoms with Crippen molar-refractivity contribution in [3.05, 3.63) is 0 Å². The molecule has 0 atom stereocenters. The summed E-state index contributed by atoms with van der Waals surface area (Å²) < 4.78 is 0. The van der Waals surface area contributed by atoms with E-state index in [-0.39, 0.29) is 12.5 Å². The van der Waals surface area contributed by atoms with Crippen molar-refractivity contribution in [1.82, 2.24) is 10.8 Å². The van der Waals surface area contributed by atoms with E-state index in [4.69, 9.17) is 4.84 Å². The van der Waals surface area contributed by atoms with Crippen LogP contribution in [0.3, 0.4) is 0 Å². The summed E-state index contributed by atoms with van der Waals surface area (Å²) in [7, 11) is 1.59. The smallest absolute Gasteiger partial charge is 0.236 e. The molecule has 0 aromatic heterocycles. The maximum atomic E-state index is 10.6. The lowest BCUT2D eigenvalue weighted by molar-refractivity contribution is -0.122. The highest BCUT2D eigenvalue weighted by Crippen LogP contribution is 1.88. The van der Waals surface area contributed by atoms with Gasteiger partial charge in [0, 0.05) is 7.05 Å². The molecule has 4 heteroatoms. The molecule has 1 amide bonds. The summed E-state index contributed by atoms with van der Waals surface area (Å²) in [4.78, 5) is 15.6. The number of hydroxylamine groups is 1. The van der Waals surface area contributed by atoms with Crippen molar-refractivity contribution in [3.8, 4) is 0 Å². The molecule has 0 rings (SSSR count). The van der Waals surface area contributed by atoms with Crippen LogP contribution in [-0.2, 0) is 9.63 Å². The molecule has 0 heterocycles. The normalized spacial score (nSPS) is 10.2. The maximum Gasteiger partial charge on any atom is 0.236 e. The average molecular weight is 160 g/mol. The minimum Gasteiger partial charge on any atom is -0.358 e. The van der Waals surface area contributed by atoms with Crippen LogP contribution in [0.15, 0.2) is 0 Å². The molecule has 0 aliphatic carbocycles. The zero-order chi connectivity index (χ0) is 8.69. The molecule has 0 spiro atoms.